The number of aryl methyl sites for hydroxylation is 2. The summed E-state index contributed by atoms with van der Waals surface area (Å²) >= 11 is 0. The Hall–Kier alpha value is -3.38. The van der Waals surface area contributed by atoms with Crippen molar-refractivity contribution < 1.29 is 19.2 Å². The normalized spacial score (nSPS) is 16.7. The van der Waals surface area contributed by atoms with Crippen LogP contribution < -0.4 is 0 Å². The van der Waals surface area contributed by atoms with E-state index in [1.54, 1.807) is 12.5 Å². The molecule has 1 atom stereocenters. The molecule has 6 nitrogen and oxygen atoms in total. The lowest BCUT2D eigenvalue weighted by Gasteiger charge is -2.18. The number of likely N-dealkylation sites (tertiary alicyclic amines) is 1. The summed E-state index contributed by atoms with van der Waals surface area (Å²) in [5.41, 5.74) is 8.83. The molecule has 2 heterocycles. The van der Waals surface area contributed by atoms with Gasteiger partial charge < -0.3 is 14.4 Å². The van der Waals surface area contributed by atoms with Crippen LogP contribution in [0.25, 0.3) is 11.1 Å². The Morgan fingerprint density at radius 1 is 1.21 bits per heavy atom. The van der Waals surface area contributed by atoms with E-state index in [2.05, 4.69) is 60.3 Å². The van der Waals surface area contributed by atoms with Gasteiger partial charge >= 0.3 is 5.97 Å². The van der Waals surface area contributed by atoms with Crippen LogP contribution in [0.3, 0.4) is 0 Å². The number of aliphatic carboxylic acids is 1. The van der Waals surface area contributed by atoms with Crippen LogP contribution in [0.15, 0.2) is 64.6 Å². The number of nitrogens with zero attached hydrogens (tertiary/aromatic N) is 2. The molecule has 34 heavy (non-hydrogen) atoms. The quantitative estimate of drug-likeness (QED) is 0.329. The zero-order valence-corrected chi connectivity index (χ0v) is 20.1. The zero-order chi connectivity index (χ0) is 24.1. The van der Waals surface area contributed by atoms with Gasteiger partial charge in [-0.15, -0.1) is 0 Å². The molecule has 6 heteroatoms. The molecule has 0 saturated carbocycles. The number of hydrogen-bond acceptors (Lipinski definition) is 5. The first-order chi connectivity index (χ1) is 16.4. The molecule has 0 amide bonds. The number of carboxylic acid groups (broad SMARTS) is 1. The van der Waals surface area contributed by atoms with Crippen molar-refractivity contribution in [1.82, 2.24) is 4.90 Å². The third-order valence-electron chi connectivity index (χ3n) is 6.58. The molecule has 2 aromatic carbocycles. The van der Waals surface area contributed by atoms with E-state index in [1.165, 1.54) is 16.7 Å². The Bertz CT molecular complexity index is 1170. The predicted molar refractivity (Wildman–Crippen MR) is 133 cm³/mol. The van der Waals surface area contributed by atoms with Crippen LogP contribution in [0, 0.1) is 12.8 Å². The Morgan fingerprint density at radius 3 is 2.74 bits per heavy atom. The van der Waals surface area contributed by atoms with E-state index in [4.69, 9.17) is 9.25 Å². The highest BCUT2D eigenvalue weighted by molar-refractivity contribution is 5.98. The summed E-state index contributed by atoms with van der Waals surface area (Å²) < 4.78 is 5.19. The number of oxime groups is 1. The second-order valence-corrected chi connectivity index (χ2v) is 9.01. The van der Waals surface area contributed by atoms with Gasteiger partial charge in [-0.3, -0.25) is 9.69 Å². The fourth-order valence-corrected chi connectivity index (χ4v) is 4.57. The van der Waals surface area contributed by atoms with Gasteiger partial charge in [-0.05, 0) is 78.7 Å². The largest absolute Gasteiger partial charge is 0.481 e. The Kier molecular flexibility index (Phi) is 7.48. The van der Waals surface area contributed by atoms with Gasteiger partial charge in [0.15, 0.2) is 0 Å². The van der Waals surface area contributed by atoms with Crippen molar-refractivity contribution in [3.8, 4) is 11.1 Å². The first-order valence-electron chi connectivity index (χ1n) is 11.8. The minimum Gasteiger partial charge on any atom is -0.481 e. The topological polar surface area (TPSA) is 75.3 Å². The van der Waals surface area contributed by atoms with E-state index in [0.717, 1.165) is 53.9 Å². The van der Waals surface area contributed by atoms with Crippen LogP contribution in [0.2, 0.25) is 0 Å². The first kappa shape index (κ1) is 23.8. The number of benzene rings is 2. The van der Waals surface area contributed by atoms with Gasteiger partial charge in [0, 0.05) is 18.7 Å². The van der Waals surface area contributed by atoms with E-state index in [9.17, 15) is 9.90 Å². The fraction of sp³-hybridized carbons (Fsp3) is 0.357. The number of rotatable bonds is 9. The van der Waals surface area contributed by atoms with Crippen LogP contribution in [0.1, 0.15) is 48.1 Å². The first-order valence-corrected chi connectivity index (χ1v) is 11.8. The molecular weight excluding hydrogens is 428 g/mol. The third-order valence-corrected chi connectivity index (χ3v) is 6.58. The predicted octanol–water partition coefficient (Wildman–Crippen LogP) is 5.66. The minimum absolute atomic E-state index is 0.249. The van der Waals surface area contributed by atoms with E-state index in [1.807, 2.05) is 13.0 Å². The molecule has 0 unspecified atom stereocenters. The molecule has 1 aromatic heterocycles. The van der Waals surface area contributed by atoms with E-state index >= 15 is 0 Å². The van der Waals surface area contributed by atoms with Crippen LogP contribution in [0.4, 0.5) is 0 Å². The van der Waals surface area contributed by atoms with Crippen LogP contribution >= 0.6 is 0 Å². The lowest BCUT2D eigenvalue weighted by atomic mass is 9.99. The number of furan rings is 1. The lowest BCUT2D eigenvalue weighted by Crippen LogP contribution is -2.23. The van der Waals surface area contributed by atoms with Crippen LogP contribution in [-0.4, -0.2) is 34.8 Å². The molecule has 178 valence electrons. The summed E-state index contributed by atoms with van der Waals surface area (Å²) in [4.78, 5) is 19.1. The zero-order valence-electron chi connectivity index (χ0n) is 20.1. The van der Waals surface area contributed by atoms with Gasteiger partial charge in [0.2, 0.25) is 0 Å². The average molecular weight is 461 g/mol. The second kappa shape index (κ2) is 10.7. The highest BCUT2D eigenvalue weighted by atomic mass is 16.6. The van der Waals surface area contributed by atoms with Gasteiger partial charge in [0.25, 0.3) is 0 Å². The smallest absolute Gasteiger partial charge is 0.307 e. The molecule has 0 radical (unpaired) electrons. The highest BCUT2D eigenvalue weighted by Crippen LogP contribution is 2.25. The van der Waals surface area contributed by atoms with Crippen molar-refractivity contribution in [1.29, 1.82) is 0 Å². The minimum atomic E-state index is -0.690. The van der Waals surface area contributed by atoms with Crippen LogP contribution in [0.5, 0.6) is 0 Å². The molecule has 1 aliphatic heterocycles. The van der Waals surface area contributed by atoms with E-state index in [-0.39, 0.29) is 5.92 Å². The van der Waals surface area contributed by atoms with Crippen molar-refractivity contribution in [2.24, 2.45) is 11.1 Å². The molecule has 0 spiro atoms. The molecule has 1 N–H and O–H groups in total. The van der Waals surface area contributed by atoms with Crippen molar-refractivity contribution in [3.05, 3.63) is 82.8 Å². The second-order valence-electron chi connectivity index (χ2n) is 9.01. The monoisotopic (exact) mass is 460 g/mol. The van der Waals surface area contributed by atoms with Crippen molar-refractivity contribution >= 4 is 11.7 Å². The Morgan fingerprint density at radius 2 is 2.06 bits per heavy atom. The summed E-state index contributed by atoms with van der Waals surface area (Å²) in [7, 11) is 0. The molecule has 0 bridgehead atoms. The molecular formula is C28H32N2O4. The third kappa shape index (κ3) is 5.57. The molecule has 0 aliphatic carbocycles. The van der Waals surface area contributed by atoms with Crippen molar-refractivity contribution in [3.63, 3.8) is 0 Å². The summed E-state index contributed by atoms with van der Waals surface area (Å²) in [6.45, 7) is 8.83. The molecule has 1 saturated heterocycles. The lowest BCUT2D eigenvalue weighted by molar-refractivity contribution is -0.141. The Balaban J connectivity index is 1.37. The maximum absolute atomic E-state index is 11.2. The Labute approximate surface area is 200 Å². The van der Waals surface area contributed by atoms with Gasteiger partial charge in [-0.25, -0.2) is 0 Å². The molecule has 3 aromatic rings. The summed E-state index contributed by atoms with van der Waals surface area (Å²) in [6.07, 6.45) is 5.07. The maximum Gasteiger partial charge on any atom is 0.307 e. The average Bonchev–Trinajstić information content (AvgIpc) is 3.52. The van der Waals surface area contributed by atoms with Crippen molar-refractivity contribution in [2.75, 3.05) is 13.1 Å². The number of carboxylic acids is 1. The standard InChI is InChI=1S/C28H32N2O4/c1-4-22-14-23(6-7-24(22)15-30-11-9-25(16-30)28(31)32)20(3)29-34-17-21-5-8-27(19(2)13-21)26-10-12-33-18-26/h5-8,10,12-14,18,25H,4,9,11,15-17H2,1-3H3,(H,31,32)/b29-20+/t25-/m0/s1. The van der Waals surface area contributed by atoms with Crippen LogP contribution in [-0.2, 0) is 29.2 Å². The number of hydrogen-bond donors (Lipinski definition) is 1. The highest BCUT2D eigenvalue weighted by Gasteiger charge is 2.28. The summed E-state index contributed by atoms with van der Waals surface area (Å²) in [5.74, 6) is -0.939. The molecule has 1 fully saturated rings. The molecule has 4 rings (SSSR count). The number of carbonyl (C=O) groups is 1. The van der Waals surface area contributed by atoms with Gasteiger partial charge in [0.05, 0.1) is 24.2 Å². The fourth-order valence-electron chi connectivity index (χ4n) is 4.57. The van der Waals surface area contributed by atoms with E-state index < -0.39 is 5.97 Å². The summed E-state index contributed by atoms with van der Waals surface area (Å²) in [6, 6.07) is 14.6. The van der Waals surface area contributed by atoms with Gasteiger partial charge in [0.1, 0.15) is 6.61 Å². The molecule has 1 aliphatic rings. The van der Waals surface area contributed by atoms with E-state index in [0.29, 0.717) is 13.2 Å². The maximum atomic E-state index is 11.2. The van der Waals surface area contributed by atoms with Gasteiger partial charge in [-0.2, -0.15) is 0 Å². The van der Waals surface area contributed by atoms with Gasteiger partial charge in [-0.1, -0.05) is 42.4 Å². The SMILES string of the molecule is CCc1cc(/C(C)=N/OCc2ccc(-c3ccoc3)c(C)c2)ccc1CN1CC[C@H](C(=O)O)C1. The van der Waals surface area contributed by atoms with Crippen molar-refractivity contribution in [2.45, 2.75) is 46.8 Å². The summed E-state index contributed by atoms with van der Waals surface area (Å²) in [5, 5.41) is 13.6.